The molecule has 0 aliphatic heterocycles. The van der Waals surface area contributed by atoms with Gasteiger partial charge in [0.15, 0.2) is 14.3 Å². The van der Waals surface area contributed by atoms with E-state index >= 15 is 0 Å². The van der Waals surface area contributed by atoms with Crippen molar-refractivity contribution in [1.82, 2.24) is 0 Å². The van der Waals surface area contributed by atoms with E-state index in [4.69, 9.17) is 0 Å². The fourth-order valence-electron chi connectivity index (χ4n) is 4.39. The van der Waals surface area contributed by atoms with Crippen molar-refractivity contribution < 1.29 is 14.2 Å². The molecule has 0 aliphatic rings. The van der Waals surface area contributed by atoms with Crippen LogP contribution < -0.4 is 31.8 Å². The Morgan fingerprint density at radius 3 is 1.11 bits per heavy atom. The van der Waals surface area contributed by atoms with Gasteiger partial charge in [0.25, 0.3) is 0 Å². The van der Waals surface area contributed by atoms with Crippen LogP contribution >= 0.6 is 14.3 Å². The molecule has 3 nitrogen and oxygen atoms in total. The summed E-state index contributed by atoms with van der Waals surface area (Å²) in [6.07, 6.45) is 0. The van der Waals surface area contributed by atoms with Gasteiger partial charge in [-0.3, -0.25) is 0 Å². The highest BCUT2D eigenvalue weighted by Crippen LogP contribution is 2.47. The van der Waals surface area contributed by atoms with Crippen LogP contribution in [-0.2, 0) is 9.13 Å². The zero-order valence-electron chi connectivity index (χ0n) is 18.9. The van der Waals surface area contributed by atoms with Crippen LogP contribution in [0.2, 0.25) is 0 Å². The Balaban J connectivity index is 1.81. The first kappa shape index (κ1) is 23.1. The van der Waals surface area contributed by atoms with Crippen molar-refractivity contribution in [3.63, 3.8) is 0 Å². The van der Waals surface area contributed by atoms with Crippen molar-refractivity contribution in [2.45, 2.75) is 0 Å². The first-order valence-electron chi connectivity index (χ1n) is 11.3. The zero-order valence-corrected chi connectivity index (χ0v) is 20.7. The highest BCUT2D eigenvalue weighted by Gasteiger charge is 2.36. The number of benzene rings is 5. The number of hydrogen-bond donors (Lipinski definition) is 1. The van der Waals surface area contributed by atoms with Crippen LogP contribution in [0.3, 0.4) is 0 Å². The molecule has 0 saturated carbocycles. The third-order valence-electron chi connectivity index (χ3n) is 6.14. The van der Waals surface area contributed by atoms with E-state index in [0.29, 0.717) is 26.5 Å². The van der Waals surface area contributed by atoms with Crippen LogP contribution in [0.15, 0.2) is 140 Å². The first-order valence-corrected chi connectivity index (χ1v) is 14.7. The lowest BCUT2D eigenvalue weighted by Gasteiger charge is -2.24. The van der Waals surface area contributed by atoms with Crippen molar-refractivity contribution in [2.24, 2.45) is 0 Å². The van der Waals surface area contributed by atoms with Crippen LogP contribution in [-0.4, -0.2) is 5.11 Å². The topological polar surface area (TPSA) is 54.4 Å². The Kier molecular flexibility index (Phi) is 6.31. The van der Waals surface area contributed by atoms with Gasteiger partial charge < -0.3 is 14.2 Å². The predicted molar refractivity (Wildman–Crippen MR) is 147 cm³/mol. The molecule has 0 atom stereocenters. The van der Waals surface area contributed by atoms with E-state index < -0.39 is 14.3 Å². The second-order valence-corrected chi connectivity index (χ2v) is 13.7. The summed E-state index contributed by atoms with van der Waals surface area (Å²) < 4.78 is 29.9. The summed E-state index contributed by atoms with van der Waals surface area (Å²) in [4.78, 5) is 0. The Hall–Kier alpha value is -3.64. The van der Waals surface area contributed by atoms with Crippen LogP contribution in [0.1, 0.15) is 0 Å². The van der Waals surface area contributed by atoms with Gasteiger partial charge in [0.05, 0.1) is 5.30 Å². The molecule has 35 heavy (non-hydrogen) atoms. The lowest BCUT2D eigenvalue weighted by Crippen LogP contribution is -2.30. The summed E-state index contributed by atoms with van der Waals surface area (Å²) >= 11 is 0. The fraction of sp³-hybridized carbons (Fsp3) is 0. The Bertz CT molecular complexity index is 1450. The van der Waals surface area contributed by atoms with Gasteiger partial charge >= 0.3 is 0 Å². The molecule has 0 heterocycles. The quantitative estimate of drug-likeness (QED) is 0.349. The van der Waals surface area contributed by atoms with Crippen LogP contribution in [0, 0.1) is 0 Å². The van der Waals surface area contributed by atoms with Gasteiger partial charge in [0, 0.05) is 26.5 Å². The molecular formula is C30H24O3P2. The molecule has 5 rings (SSSR count). The number of phenols is 1. The maximum Gasteiger partial charge on any atom is 0.174 e. The summed E-state index contributed by atoms with van der Waals surface area (Å²) in [7, 11) is -6.77. The predicted octanol–water partition coefficient (Wildman–Crippen LogP) is 4.67. The number of hydrogen-bond acceptors (Lipinski definition) is 3. The van der Waals surface area contributed by atoms with Crippen molar-refractivity contribution in [3.8, 4) is 5.75 Å². The average Bonchev–Trinajstić information content (AvgIpc) is 2.94. The summed E-state index contributed by atoms with van der Waals surface area (Å²) in [5.74, 6) is -0.0857. The number of phenolic OH excluding ortho intramolecular Hbond substituents is 1. The Labute approximate surface area is 205 Å². The SMILES string of the molecule is O=P(c1ccccc1)(c1ccccc1)c1ccc(O)c(P(=O)(c2ccccc2)c2ccccc2)c1. The average molecular weight is 494 g/mol. The summed E-state index contributed by atoms with van der Waals surface area (Å²) in [5, 5.41) is 14.4. The molecule has 172 valence electrons. The lowest BCUT2D eigenvalue weighted by molar-refractivity contribution is 0.479. The standard InChI is InChI=1S/C30H24O3P2/c31-29-22-21-28(34(32,24-13-5-1-6-14-24)25-15-7-2-8-16-25)23-30(29)35(33,26-17-9-3-10-18-26)27-19-11-4-12-20-27/h1-23,31H. The minimum absolute atomic E-state index is 0.0857. The van der Waals surface area contributed by atoms with E-state index in [9.17, 15) is 14.2 Å². The fourth-order valence-corrected chi connectivity index (χ4v) is 9.92. The first-order chi connectivity index (χ1) is 17.0. The van der Waals surface area contributed by atoms with Crippen LogP contribution in [0.4, 0.5) is 0 Å². The van der Waals surface area contributed by atoms with E-state index in [0.717, 1.165) is 0 Å². The Morgan fingerprint density at radius 2 is 0.743 bits per heavy atom. The van der Waals surface area contributed by atoms with Gasteiger partial charge in [-0.2, -0.15) is 0 Å². The van der Waals surface area contributed by atoms with E-state index in [-0.39, 0.29) is 11.1 Å². The Morgan fingerprint density at radius 1 is 0.400 bits per heavy atom. The minimum Gasteiger partial charge on any atom is -0.507 e. The lowest BCUT2D eigenvalue weighted by atomic mass is 10.3. The summed E-state index contributed by atoms with van der Waals surface area (Å²) in [6.45, 7) is 0. The van der Waals surface area contributed by atoms with Crippen LogP contribution in [0.5, 0.6) is 5.75 Å². The van der Waals surface area contributed by atoms with Crippen molar-refractivity contribution in [3.05, 3.63) is 140 Å². The molecule has 5 heteroatoms. The smallest absolute Gasteiger partial charge is 0.174 e. The van der Waals surface area contributed by atoms with E-state index in [1.54, 1.807) is 12.1 Å². The normalized spacial score (nSPS) is 11.8. The van der Waals surface area contributed by atoms with Crippen molar-refractivity contribution >= 4 is 46.1 Å². The van der Waals surface area contributed by atoms with Gasteiger partial charge in [-0.1, -0.05) is 121 Å². The van der Waals surface area contributed by atoms with Crippen LogP contribution in [0.25, 0.3) is 0 Å². The molecule has 0 saturated heterocycles. The molecule has 0 unspecified atom stereocenters. The molecule has 1 N–H and O–H groups in total. The van der Waals surface area contributed by atoms with Gasteiger partial charge in [-0.25, -0.2) is 0 Å². The molecule has 0 aliphatic carbocycles. The molecule has 0 aromatic heterocycles. The maximum atomic E-state index is 14.9. The molecule has 5 aromatic carbocycles. The highest BCUT2D eigenvalue weighted by molar-refractivity contribution is 7.86. The summed E-state index contributed by atoms with van der Waals surface area (Å²) in [5.41, 5.74) is 0. The van der Waals surface area contributed by atoms with Gasteiger partial charge in [0.1, 0.15) is 5.75 Å². The molecule has 0 fully saturated rings. The monoisotopic (exact) mass is 494 g/mol. The third kappa shape index (κ3) is 4.08. The molecule has 0 bridgehead atoms. The second kappa shape index (κ2) is 9.55. The molecule has 0 amide bonds. The minimum atomic E-state index is -3.46. The molecule has 0 spiro atoms. The van der Waals surface area contributed by atoms with Crippen molar-refractivity contribution in [1.29, 1.82) is 0 Å². The maximum absolute atomic E-state index is 14.9. The summed E-state index contributed by atoms with van der Waals surface area (Å²) in [6, 6.07) is 41.9. The zero-order chi connectivity index (χ0) is 24.3. The number of aromatic hydroxyl groups is 1. The largest absolute Gasteiger partial charge is 0.507 e. The third-order valence-corrected chi connectivity index (χ3v) is 12.3. The highest BCUT2D eigenvalue weighted by atomic mass is 31.2. The van der Waals surface area contributed by atoms with E-state index in [1.807, 2.05) is 121 Å². The van der Waals surface area contributed by atoms with Crippen molar-refractivity contribution in [2.75, 3.05) is 0 Å². The van der Waals surface area contributed by atoms with E-state index in [2.05, 4.69) is 0 Å². The van der Waals surface area contributed by atoms with E-state index in [1.165, 1.54) is 6.07 Å². The molecule has 5 aromatic rings. The van der Waals surface area contributed by atoms with Gasteiger partial charge in [0.2, 0.25) is 0 Å². The van der Waals surface area contributed by atoms with Gasteiger partial charge in [-0.15, -0.1) is 0 Å². The van der Waals surface area contributed by atoms with Gasteiger partial charge in [-0.05, 0) is 18.2 Å². The molecule has 0 radical (unpaired) electrons. The second-order valence-electron chi connectivity index (χ2n) is 8.23. The molecular weight excluding hydrogens is 470 g/mol. The number of rotatable bonds is 6.